The number of carbonyl (C=O) groups is 8. The van der Waals surface area contributed by atoms with Crippen molar-refractivity contribution in [2.24, 2.45) is 23.7 Å². The fourth-order valence-electron chi connectivity index (χ4n) is 10.3. The molecule has 5 fully saturated rings. The van der Waals surface area contributed by atoms with Crippen LogP contribution in [0.4, 0.5) is 0 Å². The van der Waals surface area contributed by atoms with Crippen LogP contribution in [0.2, 0.25) is 0 Å². The maximum Gasteiger partial charge on any atom is 0.332 e. The Balaban J connectivity index is 1.65. The number of nitrogens with zero attached hydrogens (tertiary/aromatic N) is 5. The molecule has 0 spiro atoms. The average molecular weight is 967 g/mol. The number of cyclic esters (lactones) is 1. The molecular formula is C45H74N8O15. The maximum atomic E-state index is 15.2. The molecule has 0 saturated carbocycles. The van der Waals surface area contributed by atoms with E-state index >= 15 is 9.59 Å². The van der Waals surface area contributed by atoms with Gasteiger partial charge in [0.2, 0.25) is 17.3 Å². The van der Waals surface area contributed by atoms with Crippen LogP contribution in [0.3, 0.4) is 0 Å². The van der Waals surface area contributed by atoms with E-state index in [1.807, 2.05) is 20.8 Å². The van der Waals surface area contributed by atoms with E-state index in [1.165, 1.54) is 34.6 Å². The number of esters is 2. The topological polar surface area (TPSA) is 297 Å². The molecule has 6 amide bonds. The molecule has 23 nitrogen and oxygen atoms in total. The molecule has 11 atom stereocenters. The molecule has 11 unspecified atom stereocenters. The van der Waals surface area contributed by atoms with Crippen LogP contribution in [0.25, 0.3) is 0 Å². The zero-order valence-corrected chi connectivity index (χ0v) is 41.1. The van der Waals surface area contributed by atoms with Gasteiger partial charge in [0.05, 0.1) is 11.7 Å². The van der Waals surface area contributed by atoms with E-state index < -0.39 is 125 Å². The summed E-state index contributed by atoms with van der Waals surface area (Å²) in [6, 6.07) is -8.46. The van der Waals surface area contributed by atoms with Crippen LogP contribution < -0.4 is 16.2 Å². The quantitative estimate of drug-likeness (QED) is 0.119. The molecule has 384 valence electrons. The molecule has 5 rings (SSSR count). The summed E-state index contributed by atoms with van der Waals surface area (Å²) >= 11 is 0. The van der Waals surface area contributed by atoms with Gasteiger partial charge in [-0.25, -0.2) is 25.8 Å². The molecule has 0 aromatic heterocycles. The number of carbonyl (C=O) groups excluding carboxylic acids is 8. The van der Waals surface area contributed by atoms with E-state index in [0.29, 0.717) is 19.3 Å². The second-order valence-corrected chi connectivity index (χ2v) is 20.4. The maximum absolute atomic E-state index is 15.2. The summed E-state index contributed by atoms with van der Waals surface area (Å²) in [6.45, 7) is 14.5. The van der Waals surface area contributed by atoms with Crippen LogP contribution in [0, 0.1) is 23.7 Å². The summed E-state index contributed by atoms with van der Waals surface area (Å²) in [4.78, 5) is 116. The highest BCUT2D eigenvalue weighted by Crippen LogP contribution is 2.43. The summed E-state index contributed by atoms with van der Waals surface area (Å²) in [6.07, 6.45) is -0.367. The molecule has 5 aliphatic heterocycles. The van der Waals surface area contributed by atoms with Gasteiger partial charge in [0.25, 0.3) is 29.5 Å². The number of fused-ring (bicyclic) bond motifs is 3. The predicted molar refractivity (Wildman–Crippen MR) is 236 cm³/mol. The molecule has 5 heterocycles. The van der Waals surface area contributed by atoms with Gasteiger partial charge >= 0.3 is 11.9 Å². The van der Waals surface area contributed by atoms with Crippen molar-refractivity contribution in [2.45, 2.75) is 186 Å². The van der Waals surface area contributed by atoms with Crippen LogP contribution in [0.15, 0.2) is 0 Å². The van der Waals surface area contributed by atoms with Crippen molar-refractivity contribution < 1.29 is 73.2 Å². The molecule has 0 aromatic rings. The Labute approximate surface area is 397 Å². The number of rotatable bonds is 9. The molecule has 0 aliphatic carbocycles. The number of ether oxygens (including phenoxy) is 3. The molecule has 0 bridgehead atoms. The third-order valence-corrected chi connectivity index (χ3v) is 14.0. The molecule has 5 aliphatic rings. The van der Waals surface area contributed by atoms with Gasteiger partial charge in [-0.3, -0.25) is 54.0 Å². The smallest absolute Gasteiger partial charge is 0.332 e. The molecule has 0 aromatic carbocycles. The van der Waals surface area contributed by atoms with Crippen molar-refractivity contribution in [2.75, 3.05) is 26.2 Å². The Morgan fingerprint density at radius 2 is 1.47 bits per heavy atom. The van der Waals surface area contributed by atoms with Crippen LogP contribution in [0.1, 0.15) is 127 Å². The first kappa shape index (κ1) is 54.4. The van der Waals surface area contributed by atoms with Crippen molar-refractivity contribution >= 4 is 47.4 Å². The summed E-state index contributed by atoms with van der Waals surface area (Å²) in [5.41, 5.74) is 1.15. The van der Waals surface area contributed by atoms with Gasteiger partial charge in [-0.05, 0) is 88.9 Å². The summed E-state index contributed by atoms with van der Waals surface area (Å²) in [5.74, 6) is -12.8. The van der Waals surface area contributed by atoms with E-state index in [2.05, 4.69) is 16.2 Å². The molecule has 0 radical (unpaired) electrons. The van der Waals surface area contributed by atoms with E-state index in [9.17, 15) is 49.4 Å². The first-order valence-electron chi connectivity index (χ1n) is 24.0. The van der Waals surface area contributed by atoms with Gasteiger partial charge in [-0.1, -0.05) is 48.5 Å². The number of hydrogen-bond acceptors (Lipinski definition) is 17. The van der Waals surface area contributed by atoms with E-state index in [4.69, 9.17) is 14.2 Å². The Bertz CT molecular complexity index is 1920. The highest BCUT2D eigenvalue weighted by molar-refractivity contribution is 5.98. The average Bonchev–Trinajstić information content (AvgIpc) is 3.60. The first-order valence-corrected chi connectivity index (χ1v) is 24.0. The third-order valence-electron chi connectivity index (χ3n) is 14.0. The van der Waals surface area contributed by atoms with Crippen molar-refractivity contribution in [3.63, 3.8) is 0 Å². The Hall–Kier alpha value is -4.52. The van der Waals surface area contributed by atoms with E-state index in [-0.39, 0.29) is 73.7 Å². The Morgan fingerprint density at radius 3 is 2.03 bits per heavy atom. The third kappa shape index (κ3) is 11.1. The highest BCUT2D eigenvalue weighted by Gasteiger charge is 2.61. The second kappa shape index (κ2) is 21.6. The SMILES string of the molecule is CCC1OC(O)(C(C)(OC(C)=O)C(=O)NC2C(=O)N3NCCCC3C(=O)N(O)CC(=O)N3NCCCC3C(=O)N3CCC(C)(O)C3C(=O)N(O)C(C(C)C)C(=O)OC2C(C)C)CCC1CC(C)C. The minimum absolute atomic E-state index is 0.0174. The zero-order valence-electron chi connectivity index (χ0n) is 41.1. The highest BCUT2D eigenvalue weighted by atomic mass is 16.7. The first-order chi connectivity index (χ1) is 31.7. The van der Waals surface area contributed by atoms with Crippen LogP contribution in [-0.4, -0.2) is 179 Å². The molecule has 7 N–H and O–H groups in total. The van der Waals surface area contributed by atoms with Crippen molar-refractivity contribution in [1.82, 2.24) is 41.2 Å². The lowest BCUT2D eigenvalue weighted by Crippen LogP contribution is -2.71. The van der Waals surface area contributed by atoms with Gasteiger partial charge in [0, 0.05) is 33.0 Å². The summed E-state index contributed by atoms with van der Waals surface area (Å²) < 4.78 is 18.0. The predicted octanol–water partition coefficient (Wildman–Crippen LogP) is 0.118. The number of hydrogen-bond donors (Lipinski definition) is 7. The van der Waals surface area contributed by atoms with Crippen molar-refractivity contribution in [3.05, 3.63) is 0 Å². The fourth-order valence-corrected chi connectivity index (χ4v) is 10.3. The number of aliphatic hydroxyl groups is 2. The van der Waals surface area contributed by atoms with E-state index in [0.717, 1.165) is 35.2 Å². The van der Waals surface area contributed by atoms with Gasteiger partial charge in [0.15, 0.2) is 6.04 Å². The standard InChI is InChI=1S/C45H74N8O15/c1-11-31-28(22-24(2)3)16-17-45(63,68-31)44(10,67-27(8)54)42(61)48-33-35(26(6)7)66-41(60)34(25(4)5)53(65)40(59)36-43(9,62)18-21-49(36)37(56)29-14-12-19-46-51(29)32(55)23-50(64)38(57)30-15-13-20-47-52(30)39(33)58/h24-26,28-31,33-36,46-47,62-65H,11-23H2,1-10H3,(H,48,61). The minimum Gasteiger partial charge on any atom is -0.458 e. The zero-order chi connectivity index (χ0) is 50.8. The lowest BCUT2D eigenvalue weighted by atomic mass is 9.78. The van der Waals surface area contributed by atoms with Gasteiger partial charge in [-0.15, -0.1) is 0 Å². The van der Waals surface area contributed by atoms with Gasteiger partial charge in [-0.2, -0.15) is 0 Å². The largest absolute Gasteiger partial charge is 0.458 e. The van der Waals surface area contributed by atoms with Gasteiger partial charge < -0.3 is 34.6 Å². The number of hydrazine groups is 2. The summed E-state index contributed by atoms with van der Waals surface area (Å²) in [7, 11) is 0. The van der Waals surface area contributed by atoms with Crippen LogP contribution in [-0.2, 0) is 52.6 Å². The van der Waals surface area contributed by atoms with E-state index in [1.54, 1.807) is 0 Å². The Kier molecular flexibility index (Phi) is 17.3. The molecule has 68 heavy (non-hydrogen) atoms. The van der Waals surface area contributed by atoms with Crippen LogP contribution in [0.5, 0.6) is 0 Å². The fraction of sp³-hybridized carbons (Fsp3) is 0.822. The van der Waals surface area contributed by atoms with Crippen LogP contribution >= 0.6 is 0 Å². The molecule has 5 saturated heterocycles. The monoisotopic (exact) mass is 967 g/mol. The lowest BCUT2D eigenvalue weighted by molar-refractivity contribution is -0.330. The molecular weight excluding hydrogens is 893 g/mol. The Morgan fingerprint density at radius 1 is 0.868 bits per heavy atom. The number of amides is 6. The minimum atomic E-state index is -2.56. The number of nitrogens with one attached hydrogen (secondary N) is 3. The van der Waals surface area contributed by atoms with Crippen molar-refractivity contribution in [1.29, 1.82) is 0 Å². The lowest BCUT2D eigenvalue weighted by Gasteiger charge is -2.49. The molecule has 23 heteroatoms. The van der Waals surface area contributed by atoms with Gasteiger partial charge in [0.1, 0.15) is 36.8 Å². The second-order valence-electron chi connectivity index (χ2n) is 20.4. The van der Waals surface area contributed by atoms with Crippen molar-refractivity contribution in [3.8, 4) is 0 Å². The summed E-state index contributed by atoms with van der Waals surface area (Å²) in [5, 5.41) is 51.5. The number of hydroxylamine groups is 4. The normalized spacial score (nSPS) is 33.9.